The molecule has 1 aliphatic rings. The van der Waals surface area contributed by atoms with Gasteiger partial charge in [0.05, 0.1) is 15.9 Å². The molecule has 0 spiro atoms. The maximum atomic E-state index is 5.70. The van der Waals surface area contributed by atoms with Crippen LogP contribution in [0.5, 0.6) is 0 Å². The van der Waals surface area contributed by atoms with Gasteiger partial charge in [-0.3, -0.25) is 16.0 Å². The third-order valence-corrected chi connectivity index (χ3v) is 5.00. The molecular weight excluding hydrogens is 292 g/mol. The molecule has 0 amide bonds. The van der Waals surface area contributed by atoms with Crippen molar-refractivity contribution in [1.82, 2.24) is 15.2 Å². The first-order valence-electron chi connectivity index (χ1n) is 6.83. The third-order valence-electron chi connectivity index (χ3n) is 3.97. The molecule has 1 heterocycles. The first-order chi connectivity index (χ1) is 8.65. The van der Waals surface area contributed by atoms with Crippen LogP contribution in [0.25, 0.3) is 0 Å². The van der Waals surface area contributed by atoms with Crippen LogP contribution in [-0.4, -0.2) is 15.8 Å². The van der Waals surface area contributed by atoms with Gasteiger partial charge in [0, 0.05) is 19.0 Å². The Hall–Kier alpha value is -0.390. The highest BCUT2D eigenvalue weighted by molar-refractivity contribution is 9.10. The lowest BCUT2D eigenvalue weighted by atomic mass is 9.80. The van der Waals surface area contributed by atoms with E-state index in [0.29, 0.717) is 6.04 Å². The molecule has 1 aromatic rings. The molecule has 2 rings (SSSR count). The maximum absolute atomic E-state index is 5.70. The zero-order chi connectivity index (χ0) is 13.1. The van der Waals surface area contributed by atoms with E-state index in [1.807, 2.05) is 6.92 Å². The SMILES string of the molecule is CCn1nc(C)c(Br)c1CC(CC1CCC1)NN. The van der Waals surface area contributed by atoms with Gasteiger partial charge in [-0.15, -0.1) is 0 Å². The molecule has 1 saturated carbocycles. The van der Waals surface area contributed by atoms with E-state index in [0.717, 1.165) is 29.1 Å². The van der Waals surface area contributed by atoms with Crippen LogP contribution >= 0.6 is 15.9 Å². The molecule has 3 N–H and O–H groups in total. The average molecular weight is 315 g/mol. The third kappa shape index (κ3) is 2.95. The fourth-order valence-corrected chi connectivity index (χ4v) is 3.08. The lowest BCUT2D eigenvalue weighted by Gasteiger charge is -2.29. The van der Waals surface area contributed by atoms with Crippen LogP contribution in [0, 0.1) is 12.8 Å². The normalized spacial score (nSPS) is 17.8. The monoisotopic (exact) mass is 314 g/mol. The number of hydrogen-bond donors (Lipinski definition) is 2. The predicted molar refractivity (Wildman–Crippen MR) is 77.1 cm³/mol. The zero-order valence-corrected chi connectivity index (χ0v) is 12.8. The molecule has 1 unspecified atom stereocenters. The molecular formula is C13H23BrN4. The minimum Gasteiger partial charge on any atom is -0.271 e. The molecule has 1 atom stereocenters. The van der Waals surface area contributed by atoms with Gasteiger partial charge in [-0.2, -0.15) is 5.10 Å². The number of rotatable bonds is 6. The van der Waals surface area contributed by atoms with Crippen molar-refractivity contribution in [3.05, 3.63) is 15.9 Å². The molecule has 5 heteroatoms. The van der Waals surface area contributed by atoms with Gasteiger partial charge in [0.1, 0.15) is 0 Å². The number of nitrogens with zero attached hydrogens (tertiary/aromatic N) is 2. The summed E-state index contributed by atoms with van der Waals surface area (Å²) in [5, 5.41) is 4.53. The van der Waals surface area contributed by atoms with E-state index in [2.05, 4.69) is 38.1 Å². The van der Waals surface area contributed by atoms with Crippen molar-refractivity contribution in [3.8, 4) is 0 Å². The van der Waals surface area contributed by atoms with Gasteiger partial charge in [-0.1, -0.05) is 19.3 Å². The number of halogens is 1. The van der Waals surface area contributed by atoms with Crippen molar-refractivity contribution in [2.45, 2.75) is 58.5 Å². The summed E-state index contributed by atoms with van der Waals surface area (Å²) in [6.45, 7) is 5.07. The Kier molecular flexibility index (Phi) is 4.81. The highest BCUT2D eigenvalue weighted by Gasteiger charge is 2.23. The highest BCUT2D eigenvalue weighted by Crippen LogP contribution is 2.31. The highest BCUT2D eigenvalue weighted by atomic mass is 79.9. The van der Waals surface area contributed by atoms with Crippen molar-refractivity contribution >= 4 is 15.9 Å². The number of hydrogen-bond acceptors (Lipinski definition) is 3. The van der Waals surface area contributed by atoms with E-state index < -0.39 is 0 Å². The van der Waals surface area contributed by atoms with Gasteiger partial charge in [0.2, 0.25) is 0 Å². The predicted octanol–water partition coefficient (Wildman–Crippen LogP) is 2.54. The number of aromatic nitrogens is 2. The molecule has 1 aromatic heterocycles. The Labute approximate surface area is 117 Å². The molecule has 0 aliphatic heterocycles. The summed E-state index contributed by atoms with van der Waals surface area (Å²) >= 11 is 3.64. The molecule has 0 bridgehead atoms. The van der Waals surface area contributed by atoms with Gasteiger partial charge < -0.3 is 0 Å². The Morgan fingerprint density at radius 2 is 2.28 bits per heavy atom. The summed E-state index contributed by atoms with van der Waals surface area (Å²) in [6, 6.07) is 0.355. The van der Waals surface area contributed by atoms with E-state index in [9.17, 15) is 0 Å². The number of nitrogens with two attached hydrogens (primary N) is 1. The zero-order valence-electron chi connectivity index (χ0n) is 11.2. The summed E-state index contributed by atoms with van der Waals surface area (Å²) in [4.78, 5) is 0. The van der Waals surface area contributed by atoms with Gasteiger partial charge in [0.15, 0.2) is 0 Å². The Morgan fingerprint density at radius 3 is 2.78 bits per heavy atom. The number of aryl methyl sites for hydroxylation is 2. The van der Waals surface area contributed by atoms with E-state index >= 15 is 0 Å². The molecule has 0 radical (unpaired) electrons. The summed E-state index contributed by atoms with van der Waals surface area (Å²) in [5.74, 6) is 6.57. The summed E-state index contributed by atoms with van der Waals surface area (Å²) in [7, 11) is 0. The molecule has 4 nitrogen and oxygen atoms in total. The summed E-state index contributed by atoms with van der Waals surface area (Å²) in [6.07, 6.45) is 6.24. The van der Waals surface area contributed by atoms with Crippen LogP contribution in [0.2, 0.25) is 0 Å². The van der Waals surface area contributed by atoms with E-state index in [4.69, 9.17) is 5.84 Å². The molecule has 1 fully saturated rings. The quantitative estimate of drug-likeness (QED) is 0.626. The van der Waals surface area contributed by atoms with Crippen LogP contribution in [0.15, 0.2) is 4.47 Å². The van der Waals surface area contributed by atoms with Gasteiger partial charge in [-0.05, 0) is 42.1 Å². The van der Waals surface area contributed by atoms with Crippen LogP contribution in [0.4, 0.5) is 0 Å². The fourth-order valence-electron chi connectivity index (χ4n) is 2.64. The Morgan fingerprint density at radius 1 is 1.56 bits per heavy atom. The fraction of sp³-hybridized carbons (Fsp3) is 0.769. The molecule has 0 saturated heterocycles. The average Bonchev–Trinajstić information content (AvgIpc) is 2.59. The van der Waals surface area contributed by atoms with Crippen LogP contribution in [-0.2, 0) is 13.0 Å². The van der Waals surface area contributed by atoms with E-state index in [1.165, 1.54) is 31.4 Å². The van der Waals surface area contributed by atoms with E-state index in [-0.39, 0.29) is 0 Å². The van der Waals surface area contributed by atoms with Crippen LogP contribution in [0.3, 0.4) is 0 Å². The van der Waals surface area contributed by atoms with Crippen molar-refractivity contribution in [2.75, 3.05) is 0 Å². The van der Waals surface area contributed by atoms with Crippen molar-refractivity contribution in [2.24, 2.45) is 11.8 Å². The molecule has 1 aliphatic carbocycles. The van der Waals surface area contributed by atoms with Crippen molar-refractivity contribution < 1.29 is 0 Å². The number of nitrogens with one attached hydrogen (secondary N) is 1. The van der Waals surface area contributed by atoms with Gasteiger partial charge in [0.25, 0.3) is 0 Å². The lowest BCUT2D eigenvalue weighted by Crippen LogP contribution is -2.39. The second kappa shape index (κ2) is 6.17. The summed E-state index contributed by atoms with van der Waals surface area (Å²) < 4.78 is 3.21. The standard InChI is InChI=1S/C13H23BrN4/c1-3-18-12(13(14)9(2)17-18)8-11(16-15)7-10-5-4-6-10/h10-11,16H,3-8,15H2,1-2H3. The maximum Gasteiger partial charge on any atom is 0.0738 e. The van der Waals surface area contributed by atoms with Crippen molar-refractivity contribution in [1.29, 1.82) is 0 Å². The topological polar surface area (TPSA) is 55.9 Å². The second-order valence-electron chi connectivity index (χ2n) is 5.26. The number of hydrazine groups is 1. The van der Waals surface area contributed by atoms with Crippen LogP contribution in [0.1, 0.15) is 44.0 Å². The van der Waals surface area contributed by atoms with Gasteiger partial charge >= 0.3 is 0 Å². The molecule has 102 valence electrons. The van der Waals surface area contributed by atoms with Crippen molar-refractivity contribution in [3.63, 3.8) is 0 Å². The Balaban J connectivity index is 2.05. The largest absolute Gasteiger partial charge is 0.271 e. The lowest BCUT2D eigenvalue weighted by molar-refractivity contribution is 0.258. The molecule has 0 aromatic carbocycles. The minimum absolute atomic E-state index is 0.355. The minimum atomic E-state index is 0.355. The second-order valence-corrected chi connectivity index (χ2v) is 6.06. The molecule has 18 heavy (non-hydrogen) atoms. The van der Waals surface area contributed by atoms with Gasteiger partial charge in [-0.25, -0.2) is 0 Å². The summed E-state index contributed by atoms with van der Waals surface area (Å²) in [5.41, 5.74) is 5.30. The smallest absolute Gasteiger partial charge is 0.0738 e. The first kappa shape index (κ1) is 14.0. The Bertz CT molecular complexity index is 398. The first-order valence-corrected chi connectivity index (χ1v) is 7.62. The van der Waals surface area contributed by atoms with E-state index in [1.54, 1.807) is 0 Å². The van der Waals surface area contributed by atoms with Crippen LogP contribution < -0.4 is 11.3 Å².